The molecule has 1 aromatic heterocycles. The summed E-state index contributed by atoms with van der Waals surface area (Å²) in [6.45, 7) is 0. The van der Waals surface area contributed by atoms with Crippen LogP contribution in [0.1, 0.15) is 24.8 Å². The first-order valence-electron chi connectivity index (χ1n) is 6.51. The van der Waals surface area contributed by atoms with Crippen molar-refractivity contribution in [1.29, 1.82) is 0 Å². The van der Waals surface area contributed by atoms with Gasteiger partial charge in [0.2, 0.25) is 0 Å². The van der Waals surface area contributed by atoms with Gasteiger partial charge in [-0.1, -0.05) is 6.42 Å². The Morgan fingerprint density at radius 1 is 1.47 bits per heavy atom. The maximum atomic E-state index is 12.2. The Morgan fingerprint density at radius 3 is 2.89 bits per heavy atom. The largest absolute Gasteiger partial charge is 0.315 e. The molecule has 6 heteroatoms. The molecular formula is C13H19BrN2O2S. The van der Waals surface area contributed by atoms with E-state index in [4.69, 9.17) is 0 Å². The molecule has 0 amide bonds. The van der Waals surface area contributed by atoms with Crippen LogP contribution in [0.4, 0.5) is 0 Å². The summed E-state index contributed by atoms with van der Waals surface area (Å²) >= 11 is 3.39. The Labute approximate surface area is 123 Å². The number of hydrogen-bond acceptors (Lipinski definition) is 4. The fraction of sp³-hybridized carbons (Fsp3) is 0.615. The molecule has 1 aliphatic heterocycles. The van der Waals surface area contributed by atoms with Gasteiger partial charge in [-0.3, -0.25) is 4.98 Å². The molecule has 0 aliphatic carbocycles. The third-order valence-corrected chi connectivity index (χ3v) is 6.44. The molecule has 2 unspecified atom stereocenters. The second kappa shape index (κ2) is 6.33. The minimum absolute atomic E-state index is 0.0404. The number of nitrogens with one attached hydrogen (secondary N) is 1. The number of aromatic nitrogens is 1. The maximum absolute atomic E-state index is 12.2. The number of rotatable bonds is 4. The number of likely N-dealkylation sites (N-methyl/N-ethyl adjacent to an activating group) is 1. The normalized spacial score (nSPS) is 24.0. The van der Waals surface area contributed by atoms with Crippen LogP contribution in [0, 0.1) is 0 Å². The Bertz CT molecular complexity index is 533. The zero-order valence-electron chi connectivity index (χ0n) is 11.0. The molecule has 0 saturated carbocycles. The molecule has 0 radical (unpaired) electrons. The molecule has 2 atom stereocenters. The molecule has 4 nitrogen and oxygen atoms in total. The van der Waals surface area contributed by atoms with Gasteiger partial charge in [0.25, 0.3) is 0 Å². The molecule has 19 heavy (non-hydrogen) atoms. The molecule has 106 valence electrons. The van der Waals surface area contributed by atoms with Crippen molar-refractivity contribution in [1.82, 2.24) is 10.3 Å². The molecular weight excluding hydrogens is 328 g/mol. The van der Waals surface area contributed by atoms with Crippen molar-refractivity contribution in [2.24, 2.45) is 0 Å². The van der Waals surface area contributed by atoms with E-state index in [1.54, 1.807) is 12.4 Å². The number of sulfone groups is 1. The van der Waals surface area contributed by atoms with Gasteiger partial charge in [0.05, 0.1) is 11.0 Å². The van der Waals surface area contributed by atoms with Crippen LogP contribution in [-0.2, 0) is 16.3 Å². The second-order valence-electron chi connectivity index (χ2n) is 5.01. The number of pyridine rings is 1. The van der Waals surface area contributed by atoms with Gasteiger partial charge >= 0.3 is 0 Å². The van der Waals surface area contributed by atoms with Crippen molar-refractivity contribution < 1.29 is 8.42 Å². The van der Waals surface area contributed by atoms with Gasteiger partial charge in [-0.25, -0.2) is 8.42 Å². The third kappa shape index (κ3) is 3.77. The molecule has 0 bridgehead atoms. The molecule has 1 N–H and O–H groups in total. The van der Waals surface area contributed by atoms with Gasteiger partial charge in [-0.15, -0.1) is 0 Å². The lowest BCUT2D eigenvalue weighted by atomic mass is 10.0. The Hall–Kier alpha value is -0.460. The summed E-state index contributed by atoms with van der Waals surface area (Å²) in [7, 11) is -1.13. The molecule has 1 aromatic rings. The lowest BCUT2D eigenvalue weighted by Gasteiger charge is -2.30. The van der Waals surface area contributed by atoms with Crippen LogP contribution < -0.4 is 5.32 Å². The summed E-state index contributed by atoms with van der Waals surface area (Å²) in [6.07, 6.45) is 6.77. The van der Waals surface area contributed by atoms with Gasteiger partial charge in [-0.2, -0.15) is 0 Å². The van der Waals surface area contributed by atoms with E-state index in [1.165, 1.54) is 0 Å². The molecule has 1 saturated heterocycles. The molecule has 1 aliphatic rings. The summed E-state index contributed by atoms with van der Waals surface area (Å²) < 4.78 is 25.3. The van der Waals surface area contributed by atoms with Crippen molar-refractivity contribution >= 4 is 25.8 Å². The van der Waals surface area contributed by atoms with Crippen LogP contribution in [0.5, 0.6) is 0 Å². The van der Waals surface area contributed by atoms with Crippen molar-refractivity contribution in [3.05, 3.63) is 28.5 Å². The van der Waals surface area contributed by atoms with Crippen LogP contribution in [0.2, 0.25) is 0 Å². The van der Waals surface area contributed by atoms with E-state index < -0.39 is 9.84 Å². The maximum Gasteiger partial charge on any atom is 0.154 e. The average Bonchev–Trinajstić information content (AvgIpc) is 2.36. The Morgan fingerprint density at radius 2 is 2.26 bits per heavy atom. The fourth-order valence-corrected chi connectivity index (χ4v) is 5.25. The van der Waals surface area contributed by atoms with E-state index in [1.807, 2.05) is 13.1 Å². The van der Waals surface area contributed by atoms with Gasteiger partial charge < -0.3 is 5.32 Å². The topological polar surface area (TPSA) is 59.1 Å². The van der Waals surface area contributed by atoms with Crippen LogP contribution in [-0.4, -0.2) is 37.5 Å². The summed E-state index contributed by atoms with van der Waals surface area (Å²) in [4.78, 5) is 4.13. The van der Waals surface area contributed by atoms with Gasteiger partial charge in [0.15, 0.2) is 9.84 Å². The summed E-state index contributed by atoms with van der Waals surface area (Å²) in [5.74, 6) is 0.326. The van der Waals surface area contributed by atoms with Crippen molar-refractivity contribution in [2.75, 3.05) is 12.8 Å². The molecule has 2 heterocycles. The van der Waals surface area contributed by atoms with E-state index in [9.17, 15) is 8.42 Å². The first kappa shape index (κ1) is 14.9. The zero-order valence-corrected chi connectivity index (χ0v) is 13.4. The molecule has 0 spiro atoms. The Balaban J connectivity index is 2.16. The minimum Gasteiger partial charge on any atom is -0.315 e. The number of hydrogen-bond donors (Lipinski definition) is 1. The van der Waals surface area contributed by atoms with Gasteiger partial charge in [-0.05, 0) is 53.9 Å². The highest BCUT2D eigenvalue weighted by molar-refractivity contribution is 9.10. The highest BCUT2D eigenvalue weighted by Gasteiger charge is 2.34. The van der Waals surface area contributed by atoms with Crippen LogP contribution in [0.3, 0.4) is 0 Å². The highest BCUT2D eigenvalue weighted by atomic mass is 79.9. The van der Waals surface area contributed by atoms with E-state index >= 15 is 0 Å². The molecule has 2 rings (SSSR count). The Kier molecular flexibility index (Phi) is 4.97. The third-order valence-electron chi connectivity index (χ3n) is 3.67. The first-order chi connectivity index (χ1) is 9.03. The first-order valence-corrected chi connectivity index (χ1v) is 9.02. The van der Waals surface area contributed by atoms with Crippen LogP contribution in [0.15, 0.2) is 22.9 Å². The van der Waals surface area contributed by atoms with Gasteiger partial charge in [0.1, 0.15) is 0 Å². The van der Waals surface area contributed by atoms with Crippen molar-refractivity contribution in [2.45, 2.75) is 37.0 Å². The zero-order chi connectivity index (χ0) is 13.9. The van der Waals surface area contributed by atoms with Crippen LogP contribution in [0.25, 0.3) is 0 Å². The number of halogens is 1. The fourth-order valence-electron chi connectivity index (χ4n) is 2.67. The predicted molar refractivity (Wildman–Crippen MR) is 79.9 cm³/mol. The van der Waals surface area contributed by atoms with E-state index in [2.05, 4.69) is 26.2 Å². The van der Waals surface area contributed by atoms with E-state index in [-0.39, 0.29) is 11.3 Å². The highest BCUT2D eigenvalue weighted by Crippen LogP contribution is 2.24. The van der Waals surface area contributed by atoms with Crippen molar-refractivity contribution in [3.8, 4) is 0 Å². The smallest absolute Gasteiger partial charge is 0.154 e. The lowest BCUT2D eigenvalue weighted by molar-refractivity contribution is 0.456. The van der Waals surface area contributed by atoms with Crippen LogP contribution >= 0.6 is 15.9 Å². The quantitative estimate of drug-likeness (QED) is 0.904. The van der Waals surface area contributed by atoms with E-state index in [0.29, 0.717) is 12.2 Å². The van der Waals surface area contributed by atoms with E-state index in [0.717, 1.165) is 29.3 Å². The summed E-state index contributed by atoms with van der Waals surface area (Å²) in [5, 5.41) is 2.90. The monoisotopic (exact) mass is 346 g/mol. The average molecular weight is 347 g/mol. The SMILES string of the molecule is CNC(Cc1cncc(Br)c1)C1CCCCS1(=O)=O. The van der Waals surface area contributed by atoms with Gasteiger partial charge in [0, 0.05) is 22.9 Å². The molecule has 0 aromatic carbocycles. The van der Waals surface area contributed by atoms with Crippen molar-refractivity contribution in [3.63, 3.8) is 0 Å². The second-order valence-corrected chi connectivity index (χ2v) is 8.27. The summed E-state index contributed by atoms with van der Waals surface area (Å²) in [6, 6.07) is 1.95. The number of nitrogens with zero attached hydrogens (tertiary/aromatic N) is 1. The predicted octanol–water partition coefficient (Wildman–Crippen LogP) is 1.94. The minimum atomic E-state index is -2.96. The summed E-state index contributed by atoms with van der Waals surface area (Å²) in [5.41, 5.74) is 1.05. The lowest BCUT2D eigenvalue weighted by Crippen LogP contribution is -2.46. The molecule has 1 fully saturated rings. The standard InChI is InChI=1S/C13H19BrN2O2S/c1-15-12(7-10-6-11(14)9-16-8-10)13-4-2-3-5-19(13,17)18/h6,8-9,12-13,15H,2-5,7H2,1H3.